The van der Waals surface area contributed by atoms with Gasteiger partial charge in [-0.05, 0) is 0 Å². The minimum Gasteiger partial charge on any atom is -0.478 e. The van der Waals surface area contributed by atoms with Gasteiger partial charge in [-0.2, -0.15) is 0 Å². The first-order valence-electron chi connectivity index (χ1n) is 3.60. The van der Waals surface area contributed by atoms with Gasteiger partial charge in [-0.1, -0.05) is 0 Å². The van der Waals surface area contributed by atoms with Crippen LogP contribution in [0.2, 0.25) is 0 Å². The number of aromatic nitrogens is 2. The van der Waals surface area contributed by atoms with Crippen LogP contribution in [0.25, 0.3) is 0 Å². The standard InChI is InChI=1S/C7H7FN2O4/c1-9-2-3-10(4(8)7(13)14)6(12)5(9)11/h2-4H,1H3,(H,13,14). The maximum Gasteiger partial charge on any atom is 0.360 e. The van der Waals surface area contributed by atoms with Crippen molar-refractivity contribution in [1.82, 2.24) is 9.13 Å². The van der Waals surface area contributed by atoms with Crippen LogP contribution in [0, 0.1) is 0 Å². The van der Waals surface area contributed by atoms with Crippen LogP contribution in [0.1, 0.15) is 6.30 Å². The van der Waals surface area contributed by atoms with Gasteiger partial charge in [-0.3, -0.25) is 14.2 Å². The number of carboxylic acid groups (broad SMARTS) is 1. The van der Waals surface area contributed by atoms with E-state index in [1.165, 1.54) is 7.05 Å². The van der Waals surface area contributed by atoms with E-state index < -0.39 is 23.4 Å². The highest BCUT2D eigenvalue weighted by atomic mass is 19.1. The lowest BCUT2D eigenvalue weighted by atomic mass is 10.5. The molecule has 1 atom stereocenters. The van der Waals surface area contributed by atoms with Crippen molar-refractivity contribution >= 4 is 5.97 Å². The zero-order chi connectivity index (χ0) is 10.9. The Bertz CT molecular complexity index is 475. The number of carbonyl (C=O) groups is 1. The number of hydrogen-bond donors (Lipinski definition) is 1. The Kier molecular flexibility index (Phi) is 2.50. The van der Waals surface area contributed by atoms with Crippen LogP contribution in [0.5, 0.6) is 0 Å². The van der Waals surface area contributed by atoms with Crippen molar-refractivity contribution in [2.24, 2.45) is 7.05 Å². The topological polar surface area (TPSA) is 81.3 Å². The van der Waals surface area contributed by atoms with E-state index in [1.54, 1.807) is 0 Å². The third kappa shape index (κ3) is 1.56. The molecule has 0 aliphatic rings. The molecule has 1 aromatic rings. The predicted octanol–water partition coefficient (Wildman–Crippen LogP) is -0.900. The van der Waals surface area contributed by atoms with Gasteiger partial charge in [0.2, 0.25) is 0 Å². The van der Waals surface area contributed by atoms with Crippen LogP contribution in [-0.2, 0) is 11.8 Å². The van der Waals surface area contributed by atoms with Gasteiger partial charge in [0, 0.05) is 19.4 Å². The number of halogens is 1. The van der Waals surface area contributed by atoms with Gasteiger partial charge >= 0.3 is 17.1 Å². The second kappa shape index (κ2) is 3.44. The minimum absolute atomic E-state index is 0.227. The van der Waals surface area contributed by atoms with E-state index in [-0.39, 0.29) is 4.57 Å². The average molecular weight is 202 g/mol. The molecule has 0 fully saturated rings. The number of alkyl halides is 1. The number of aryl methyl sites for hydroxylation is 1. The Balaban J connectivity index is 3.40. The SMILES string of the molecule is Cn1ccn(C(F)C(=O)O)c(=O)c1=O. The van der Waals surface area contributed by atoms with E-state index in [4.69, 9.17) is 5.11 Å². The molecule has 1 N–H and O–H groups in total. The molecule has 0 bridgehead atoms. The summed E-state index contributed by atoms with van der Waals surface area (Å²) in [6.07, 6.45) is -0.515. The molecule has 0 aliphatic heterocycles. The van der Waals surface area contributed by atoms with E-state index in [0.717, 1.165) is 17.0 Å². The van der Waals surface area contributed by atoms with Gasteiger partial charge in [-0.25, -0.2) is 9.18 Å². The predicted molar refractivity (Wildman–Crippen MR) is 43.7 cm³/mol. The first-order chi connectivity index (χ1) is 6.45. The monoisotopic (exact) mass is 202 g/mol. The Morgan fingerprint density at radius 3 is 2.50 bits per heavy atom. The lowest BCUT2D eigenvalue weighted by Gasteiger charge is -2.06. The number of carboxylic acids is 1. The highest BCUT2D eigenvalue weighted by molar-refractivity contribution is 5.70. The van der Waals surface area contributed by atoms with Gasteiger partial charge in [0.15, 0.2) is 0 Å². The zero-order valence-electron chi connectivity index (χ0n) is 7.18. The summed E-state index contributed by atoms with van der Waals surface area (Å²) in [5, 5.41) is 8.28. The Morgan fingerprint density at radius 1 is 1.43 bits per heavy atom. The molecule has 0 saturated heterocycles. The summed E-state index contributed by atoms with van der Waals surface area (Å²) in [4.78, 5) is 32.3. The molecular weight excluding hydrogens is 195 g/mol. The summed E-state index contributed by atoms with van der Waals surface area (Å²) in [6.45, 7) is 0. The fourth-order valence-corrected chi connectivity index (χ4v) is 0.866. The molecule has 1 heterocycles. The Hall–Kier alpha value is -1.92. The van der Waals surface area contributed by atoms with E-state index in [1.807, 2.05) is 0 Å². The molecule has 0 radical (unpaired) electrons. The second-order valence-electron chi connectivity index (χ2n) is 2.60. The van der Waals surface area contributed by atoms with Crippen molar-refractivity contribution in [2.45, 2.75) is 6.30 Å². The van der Waals surface area contributed by atoms with Gasteiger partial charge < -0.3 is 9.67 Å². The summed E-state index contributed by atoms with van der Waals surface area (Å²) in [5.74, 6) is -1.82. The zero-order valence-corrected chi connectivity index (χ0v) is 7.18. The summed E-state index contributed by atoms with van der Waals surface area (Å²) in [6, 6.07) is 0. The molecule has 6 nitrogen and oxygen atoms in total. The fraction of sp³-hybridized carbons (Fsp3) is 0.286. The molecule has 1 aromatic heterocycles. The second-order valence-corrected chi connectivity index (χ2v) is 2.60. The number of hydrogen-bond acceptors (Lipinski definition) is 3. The molecule has 0 saturated carbocycles. The summed E-state index contributed by atoms with van der Waals surface area (Å²) in [7, 11) is 1.31. The molecule has 14 heavy (non-hydrogen) atoms. The third-order valence-electron chi connectivity index (χ3n) is 1.64. The summed E-state index contributed by atoms with van der Waals surface area (Å²) in [5.41, 5.74) is -2.18. The van der Waals surface area contributed by atoms with Gasteiger partial charge in [0.05, 0.1) is 0 Å². The summed E-state index contributed by atoms with van der Waals surface area (Å²) < 4.78 is 14.0. The molecule has 0 aliphatic carbocycles. The smallest absolute Gasteiger partial charge is 0.360 e. The molecule has 0 aromatic carbocycles. The van der Waals surface area contributed by atoms with Crippen LogP contribution in [-0.4, -0.2) is 20.2 Å². The maximum absolute atomic E-state index is 12.8. The quantitative estimate of drug-likeness (QED) is 0.630. The molecule has 0 spiro atoms. The van der Waals surface area contributed by atoms with Gasteiger partial charge in [0.1, 0.15) is 0 Å². The van der Waals surface area contributed by atoms with Crippen LogP contribution < -0.4 is 11.1 Å². The molecule has 1 unspecified atom stereocenters. The van der Waals surface area contributed by atoms with Crippen molar-refractivity contribution < 1.29 is 14.3 Å². The van der Waals surface area contributed by atoms with E-state index in [2.05, 4.69) is 0 Å². The van der Waals surface area contributed by atoms with E-state index in [9.17, 15) is 18.8 Å². The first kappa shape index (κ1) is 10.2. The highest BCUT2D eigenvalue weighted by Crippen LogP contribution is 2.02. The third-order valence-corrected chi connectivity index (χ3v) is 1.64. The lowest BCUT2D eigenvalue weighted by Crippen LogP contribution is -2.41. The van der Waals surface area contributed by atoms with Crippen molar-refractivity contribution in [2.75, 3.05) is 0 Å². The fourth-order valence-electron chi connectivity index (χ4n) is 0.866. The molecule has 76 valence electrons. The van der Waals surface area contributed by atoms with Crippen molar-refractivity contribution in [3.8, 4) is 0 Å². The van der Waals surface area contributed by atoms with Gasteiger partial charge in [-0.15, -0.1) is 0 Å². The largest absolute Gasteiger partial charge is 0.478 e. The van der Waals surface area contributed by atoms with E-state index in [0.29, 0.717) is 0 Å². The molecule has 7 heteroatoms. The van der Waals surface area contributed by atoms with E-state index >= 15 is 0 Å². The van der Waals surface area contributed by atoms with Crippen molar-refractivity contribution in [1.29, 1.82) is 0 Å². The Labute approximate surface area is 76.8 Å². The number of nitrogens with zero attached hydrogens (tertiary/aromatic N) is 2. The minimum atomic E-state index is -2.53. The Morgan fingerprint density at radius 2 is 2.00 bits per heavy atom. The first-order valence-corrected chi connectivity index (χ1v) is 3.60. The summed E-state index contributed by atoms with van der Waals surface area (Å²) >= 11 is 0. The van der Waals surface area contributed by atoms with Crippen molar-refractivity contribution in [3.63, 3.8) is 0 Å². The lowest BCUT2D eigenvalue weighted by molar-refractivity contribution is -0.146. The molecule has 0 amide bonds. The van der Waals surface area contributed by atoms with Crippen LogP contribution in [0.3, 0.4) is 0 Å². The highest BCUT2D eigenvalue weighted by Gasteiger charge is 2.20. The van der Waals surface area contributed by atoms with Crippen molar-refractivity contribution in [3.05, 3.63) is 33.1 Å². The maximum atomic E-state index is 12.8. The average Bonchev–Trinajstić information content (AvgIpc) is 2.13. The number of aliphatic carboxylic acids is 1. The number of rotatable bonds is 2. The van der Waals surface area contributed by atoms with Crippen LogP contribution in [0.4, 0.5) is 4.39 Å². The van der Waals surface area contributed by atoms with Crippen LogP contribution >= 0.6 is 0 Å². The molecular formula is C7H7FN2O4. The normalized spacial score (nSPS) is 12.4. The molecule has 1 rings (SSSR count). The van der Waals surface area contributed by atoms with Crippen LogP contribution in [0.15, 0.2) is 22.0 Å². The van der Waals surface area contributed by atoms with Gasteiger partial charge in [0.25, 0.3) is 6.30 Å².